The monoisotopic (exact) mass is 524 g/mol. The number of rotatable bonds is 2. The Balaban J connectivity index is 0.000000434. The van der Waals surface area contributed by atoms with Crippen molar-refractivity contribution in [1.82, 2.24) is 0 Å². The maximum absolute atomic E-state index is 10.9. The summed E-state index contributed by atoms with van der Waals surface area (Å²) in [5, 5.41) is 18.2. The number of methoxy groups -OCH3 is 2. The third-order valence-electron chi connectivity index (χ3n) is 3.73. The first kappa shape index (κ1) is 29.6. The van der Waals surface area contributed by atoms with Crippen LogP contribution in [-0.2, 0) is 35.7 Å². The third kappa shape index (κ3) is 12.2. The van der Waals surface area contributed by atoms with Crippen molar-refractivity contribution >= 4 is 11.9 Å². The van der Waals surface area contributed by atoms with Crippen molar-refractivity contribution in [3.8, 4) is 11.5 Å². The second kappa shape index (κ2) is 18.2. The van der Waals surface area contributed by atoms with Crippen molar-refractivity contribution < 1.29 is 55.5 Å². The number of benzene rings is 2. The molecular weight excluding hydrogens is 500 g/mol. The van der Waals surface area contributed by atoms with Crippen molar-refractivity contribution in [3.05, 3.63) is 120 Å². The van der Waals surface area contributed by atoms with E-state index in [1.807, 2.05) is 60.7 Å². The number of phenolic OH excluding ortho intramolecular Hbond substituents is 2. The Morgan fingerprint density at radius 1 is 0.606 bits per heavy atom. The molecule has 33 heavy (non-hydrogen) atoms. The van der Waals surface area contributed by atoms with Gasteiger partial charge in [0.1, 0.15) is 22.6 Å². The summed E-state index contributed by atoms with van der Waals surface area (Å²) in [5.74, 6) is -1.16. The molecule has 6 nitrogen and oxygen atoms in total. The Hall–Kier alpha value is -3.44. The molecule has 0 unspecified atom stereocenters. The molecule has 0 fully saturated rings. The van der Waals surface area contributed by atoms with Crippen LogP contribution in [0.1, 0.15) is 20.7 Å². The summed E-state index contributed by atoms with van der Waals surface area (Å²) in [6, 6.07) is 32.5. The second-order valence-corrected chi connectivity index (χ2v) is 5.94. The fraction of sp³-hybridized carbons (Fsp3) is 0.0769. The van der Waals surface area contributed by atoms with E-state index in [9.17, 15) is 9.59 Å². The Morgan fingerprint density at radius 3 is 1.12 bits per heavy atom. The van der Waals surface area contributed by atoms with Crippen LogP contribution in [0.5, 0.6) is 11.5 Å². The van der Waals surface area contributed by atoms with E-state index in [1.54, 1.807) is 24.3 Å². The molecule has 7 heteroatoms. The summed E-state index contributed by atoms with van der Waals surface area (Å²) in [7, 11) is 2.55. The molecular formula is C26H26O6Zr. The van der Waals surface area contributed by atoms with Gasteiger partial charge in [0.05, 0.1) is 14.2 Å². The normalized spacial score (nSPS) is 8.55. The molecule has 0 aromatic heterocycles. The molecule has 2 N–H and O–H groups in total. The van der Waals surface area contributed by atoms with Crippen molar-refractivity contribution in [2.75, 3.05) is 14.2 Å². The van der Waals surface area contributed by atoms with E-state index in [4.69, 9.17) is 10.2 Å². The van der Waals surface area contributed by atoms with Crippen LogP contribution >= 0.6 is 0 Å². The van der Waals surface area contributed by atoms with Gasteiger partial charge in [0, 0.05) is 0 Å². The van der Waals surface area contributed by atoms with E-state index in [1.165, 1.54) is 38.5 Å². The van der Waals surface area contributed by atoms with E-state index in [2.05, 4.69) is 9.47 Å². The molecule has 0 aliphatic rings. The van der Waals surface area contributed by atoms with E-state index in [0.717, 1.165) is 0 Å². The molecule has 0 saturated carbocycles. The smallest absolute Gasteiger partial charge is 0.507 e. The van der Waals surface area contributed by atoms with Gasteiger partial charge in [-0.05, 0) is 24.3 Å². The Kier molecular flexibility index (Phi) is 16.3. The number of hydrogen-bond donors (Lipinski definition) is 2. The minimum Gasteiger partial charge on any atom is -0.507 e. The second-order valence-electron chi connectivity index (χ2n) is 5.94. The number of carbonyl (C=O) groups is 2. The zero-order valence-electron chi connectivity index (χ0n) is 18.4. The van der Waals surface area contributed by atoms with Crippen LogP contribution in [0.3, 0.4) is 0 Å². The third-order valence-corrected chi connectivity index (χ3v) is 3.73. The number of carbonyl (C=O) groups excluding carboxylic acids is 2. The van der Waals surface area contributed by atoms with Crippen LogP contribution in [0.4, 0.5) is 0 Å². The van der Waals surface area contributed by atoms with Gasteiger partial charge < -0.3 is 19.7 Å². The van der Waals surface area contributed by atoms with Gasteiger partial charge >= 0.3 is 38.1 Å². The number of aromatic hydroxyl groups is 2. The van der Waals surface area contributed by atoms with Gasteiger partial charge in [-0.1, -0.05) is 24.3 Å². The molecule has 0 aliphatic carbocycles. The summed E-state index contributed by atoms with van der Waals surface area (Å²) in [6.45, 7) is 0. The number of phenols is 2. The summed E-state index contributed by atoms with van der Waals surface area (Å²) in [4.78, 5) is 21.7. The topological polar surface area (TPSA) is 93.1 Å². The van der Waals surface area contributed by atoms with Crippen molar-refractivity contribution in [2.24, 2.45) is 0 Å². The summed E-state index contributed by atoms with van der Waals surface area (Å²) in [6.07, 6.45) is 0. The summed E-state index contributed by atoms with van der Waals surface area (Å²) in [5.41, 5.74) is 0.380. The molecule has 0 saturated heterocycles. The summed E-state index contributed by atoms with van der Waals surface area (Å²) >= 11 is 0. The molecule has 0 spiro atoms. The van der Waals surface area contributed by atoms with Crippen molar-refractivity contribution in [3.63, 3.8) is 0 Å². The van der Waals surface area contributed by atoms with E-state index >= 15 is 0 Å². The van der Waals surface area contributed by atoms with Gasteiger partial charge in [0.15, 0.2) is 0 Å². The Labute approximate surface area is 212 Å². The Morgan fingerprint density at radius 2 is 0.909 bits per heavy atom. The molecule has 4 aromatic rings. The minimum atomic E-state index is -0.525. The van der Waals surface area contributed by atoms with Crippen LogP contribution in [-0.4, -0.2) is 36.4 Å². The van der Waals surface area contributed by atoms with E-state index in [-0.39, 0.29) is 48.8 Å². The summed E-state index contributed by atoms with van der Waals surface area (Å²) < 4.78 is 8.84. The maximum Gasteiger partial charge on any atom is 2.00 e. The van der Waals surface area contributed by atoms with Crippen LogP contribution < -0.4 is 0 Å². The molecule has 0 radical (unpaired) electrons. The predicted octanol–water partition coefficient (Wildman–Crippen LogP) is 5.17. The molecule has 170 valence electrons. The molecule has 4 rings (SSSR count). The molecule has 0 heterocycles. The van der Waals surface area contributed by atoms with Crippen molar-refractivity contribution in [2.45, 2.75) is 0 Å². The van der Waals surface area contributed by atoms with Crippen molar-refractivity contribution in [1.29, 1.82) is 0 Å². The standard InChI is InChI=1S/2C8H8O3.2C5H5.Zr/c2*1-11-8(10)6-4-2-3-5-7(6)9;2*1-2-4-5-3-1;/h2*2-5,9H,1H3;2*1-5H;/q;;2*-1;+2. The average molecular weight is 526 g/mol. The van der Waals surface area contributed by atoms with Gasteiger partial charge in [-0.15, -0.1) is 0 Å². The zero-order chi connectivity index (χ0) is 23.6. The molecule has 4 aromatic carbocycles. The minimum absolute atomic E-state index is 0. The van der Waals surface area contributed by atoms with Gasteiger partial charge in [0.2, 0.25) is 0 Å². The fourth-order valence-electron chi connectivity index (χ4n) is 2.15. The first-order valence-corrected chi connectivity index (χ1v) is 9.57. The van der Waals surface area contributed by atoms with E-state index in [0.29, 0.717) is 0 Å². The van der Waals surface area contributed by atoms with Gasteiger partial charge in [-0.2, -0.15) is 36.4 Å². The number of hydrogen-bond acceptors (Lipinski definition) is 6. The van der Waals surface area contributed by atoms with Crippen LogP contribution in [0.2, 0.25) is 0 Å². The number of para-hydroxylation sites is 2. The van der Waals surface area contributed by atoms with Crippen LogP contribution in [0.25, 0.3) is 0 Å². The quantitative estimate of drug-likeness (QED) is 0.277. The zero-order valence-corrected chi connectivity index (χ0v) is 20.9. The molecule has 0 amide bonds. The Bertz CT molecular complexity index is 893. The van der Waals surface area contributed by atoms with E-state index < -0.39 is 11.9 Å². The fourth-order valence-corrected chi connectivity index (χ4v) is 2.15. The number of esters is 2. The van der Waals surface area contributed by atoms with Gasteiger partial charge in [0.25, 0.3) is 0 Å². The number of ether oxygens (including phenoxy) is 2. The molecule has 0 aliphatic heterocycles. The maximum atomic E-state index is 10.9. The predicted molar refractivity (Wildman–Crippen MR) is 123 cm³/mol. The first-order valence-electron chi connectivity index (χ1n) is 9.57. The van der Waals surface area contributed by atoms with Crippen LogP contribution in [0, 0.1) is 0 Å². The SMILES string of the molecule is COC(=O)c1ccccc1O.COC(=O)c1ccccc1O.[Zr+2].c1cc[cH-]c1.c1cc[cH-]c1. The van der Waals surface area contributed by atoms with Gasteiger partial charge in [-0.25, -0.2) is 33.9 Å². The molecule has 0 bridgehead atoms. The first-order chi connectivity index (χ1) is 15.5. The van der Waals surface area contributed by atoms with Crippen LogP contribution in [0.15, 0.2) is 109 Å². The largest absolute Gasteiger partial charge is 2.00 e. The van der Waals surface area contributed by atoms with Gasteiger partial charge in [-0.3, -0.25) is 0 Å². The average Bonchev–Trinajstić information content (AvgIpc) is 3.58. The molecule has 0 atom stereocenters.